The molecule has 4 nitrogen and oxygen atoms in total. The first kappa shape index (κ1) is 19.1. The van der Waals surface area contributed by atoms with Crippen molar-refractivity contribution in [1.82, 2.24) is 9.80 Å². The van der Waals surface area contributed by atoms with Gasteiger partial charge in [-0.3, -0.25) is 9.69 Å². The van der Waals surface area contributed by atoms with Crippen molar-refractivity contribution < 1.29 is 4.79 Å². The Morgan fingerprint density at radius 1 is 1.12 bits per heavy atom. The number of carbonyl (C=O) groups excluding carboxylic acids is 1. The number of likely N-dealkylation sites (N-methyl/N-ethyl adjacent to an activating group) is 1. The first-order valence-electron chi connectivity index (χ1n) is 8.99. The minimum atomic E-state index is 0. The van der Waals surface area contributed by atoms with Gasteiger partial charge in [0.1, 0.15) is 0 Å². The molecule has 1 aromatic carbocycles. The first-order valence-corrected chi connectivity index (χ1v) is 8.99. The zero-order chi connectivity index (χ0) is 16.2. The minimum Gasteiger partial charge on any atom is -0.399 e. The highest BCUT2D eigenvalue weighted by molar-refractivity contribution is 5.85. The molecule has 1 aliphatic heterocycles. The highest BCUT2D eigenvalue weighted by Gasteiger charge is 2.35. The summed E-state index contributed by atoms with van der Waals surface area (Å²) in [6.45, 7) is 2.42. The number of nitrogens with two attached hydrogens (primary N) is 1. The summed E-state index contributed by atoms with van der Waals surface area (Å²) >= 11 is 0. The van der Waals surface area contributed by atoms with Gasteiger partial charge in [-0.15, -0.1) is 12.4 Å². The Morgan fingerprint density at radius 3 is 2.42 bits per heavy atom. The van der Waals surface area contributed by atoms with Gasteiger partial charge in [0, 0.05) is 24.8 Å². The number of rotatable bonds is 4. The molecule has 0 bridgehead atoms. The van der Waals surface area contributed by atoms with E-state index in [-0.39, 0.29) is 18.3 Å². The fourth-order valence-electron chi connectivity index (χ4n) is 4.16. The van der Waals surface area contributed by atoms with Crippen LogP contribution in [0.3, 0.4) is 0 Å². The van der Waals surface area contributed by atoms with Crippen molar-refractivity contribution in [1.29, 1.82) is 0 Å². The summed E-state index contributed by atoms with van der Waals surface area (Å²) in [6.07, 6.45) is 8.03. The lowest BCUT2D eigenvalue weighted by Crippen LogP contribution is -2.53. The van der Waals surface area contributed by atoms with Crippen molar-refractivity contribution in [3.8, 4) is 0 Å². The van der Waals surface area contributed by atoms with Gasteiger partial charge >= 0.3 is 0 Å². The monoisotopic (exact) mass is 351 g/mol. The molecular weight excluding hydrogens is 322 g/mol. The van der Waals surface area contributed by atoms with Crippen LogP contribution < -0.4 is 5.73 Å². The van der Waals surface area contributed by atoms with Crippen molar-refractivity contribution in [3.05, 3.63) is 29.8 Å². The molecule has 134 valence electrons. The molecule has 1 heterocycles. The van der Waals surface area contributed by atoms with E-state index < -0.39 is 0 Å². The van der Waals surface area contributed by atoms with Crippen LogP contribution in [0.15, 0.2) is 24.3 Å². The average Bonchev–Trinajstić information content (AvgIpc) is 3.10. The SMILES string of the molecule is CN(C(=O)Cc1ccc(N)cc1)[C@H]1CCCC[C@@H]1N1CCCC1.Cl. The maximum atomic E-state index is 12.7. The van der Waals surface area contributed by atoms with E-state index >= 15 is 0 Å². The molecule has 0 unspecified atom stereocenters. The largest absolute Gasteiger partial charge is 0.399 e. The Labute approximate surface area is 151 Å². The Balaban J connectivity index is 0.00000208. The van der Waals surface area contributed by atoms with Crippen molar-refractivity contribution in [3.63, 3.8) is 0 Å². The molecule has 0 radical (unpaired) electrons. The maximum Gasteiger partial charge on any atom is 0.227 e. The minimum absolute atomic E-state index is 0. The second kappa shape index (κ2) is 8.72. The molecular formula is C19H30ClN3O. The van der Waals surface area contributed by atoms with Crippen molar-refractivity contribution in [2.45, 2.75) is 57.0 Å². The van der Waals surface area contributed by atoms with E-state index in [1.54, 1.807) is 0 Å². The molecule has 1 aliphatic carbocycles. The topological polar surface area (TPSA) is 49.6 Å². The molecule has 24 heavy (non-hydrogen) atoms. The van der Waals surface area contributed by atoms with Crippen LogP contribution >= 0.6 is 12.4 Å². The van der Waals surface area contributed by atoms with Gasteiger partial charge in [-0.2, -0.15) is 0 Å². The first-order chi connectivity index (χ1) is 11.1. The van der Waals surface area contributed by atoms with Crippen molar-refractivity contribution in [2.24, 2.45) is 0 Å². The quantitative estimate of drug-likeness (QED) is 0.848. The number of amides is 1. The number of likely N-dealkylation sites (tertiary alicyclic amines) is 1. The molecule has 2 atom stereocenters. The Bertz CT molecular complexity index is 528. The lowest BCUT2D eigenvalue weighted by atomic mass is 9.88. The van der Waals surface area contributed by atoms with Gasteiger partial charge in [0.25, 0.3) is 0 Å². The summed E-state index contributed by atoms with van der Waals surface area (Å²) in [5.74, 6) is 0.228. The predicted octanol–water partition coefficient (Wildman–Crippen LogP) is 3.10. The number of nitrogen functional groups attached to an aromatic ring is 1. The van der Waals surface area contributed by atoms with Gasteiger partial charge in [-0.05, 0) is 56.5 Å². The Morgan fingerprint density at radius 2 is 1.75 bits per heavy atom. The van der Waals surface area contributed by atoms with E-state index in [1.807, 2.05) is 36.2 Å². The highest BCUT2D eigenvalue weighted by Crippen LogP contribution is 2.29. The summed E-state index contributed by atoms with van der Waals surface area (Å²) in [6, 6.07) is 8.60. The van der Waals surface area contributed by atoms with Crippen molar-refractivity contribution >= 4 is 24.0 Å². The highest BCUT2D eigenvalue weighted by atomic mass is 35.5. The molecule has 1 saturated heterocycles. The molecule has 2 N–H and O–H groups in total. The van der Waals surface area contributed by atoms with E-state index in [4.69, 9.17) is 5.73 Å². The van der Waals surface area contributed by atoms with Gasteiger partial charge < -0.3 is 10.6 Å². The zero-order valence-corrected chi connectivity index (χ0v) is 15.4. The smallest absolute Gasteiger partial charge is 0.227 e. The maximum absolute atomic E-state index is 12.7. The molecule has 2 aliphatic rings. The normalized spacial score (nSPS) is 24.4. The summed E-state index contributed by atoms with van der Waals surface area (Å²) in [7, 11) is 2.00. The number of anilines is 1. The Kier molecular flexibility index (Phi) is 6.93. The van der Waals surface area contributed by atoms with Gasteiger partial charge in [0.15, 0.2) is 0 Å². The number of halogens is 1. The summed E-state index contributed by atoms with van der Waals surface area (Å²) in [5, 5.41) is 0. The van der Waals surface area contributed by atoms with Crippen LogP contribution in [0.2, 0.25) is 0 Å². The summed E-state index contributed by atoms with van der Waals surface area (Å²) in [5.41, 5.74) is 7.51. The fraction of sp³-hybridized carbons (Fsp3) is 0.632. The van der Waals surface area contributed by atoms with E-state index in [1.165, 1.54) is 45.2 Å². The molecule has 1 amide bonds. The van der Waals surface area contributed by atoms with Gasteiger partial charge in [0.2, 0.25) is 5.91 Å². The second-order valence-electron chi connectivity index (χ2n) is 7.09. The number of nitrogens with zero attached hydrogens (tertiary/aromatic N) is 2. The van der Waals surface area contributed by atoms with Gasteiger partial charge in [0.05, 0.1) is 6.42 Å². The summed E-state index contributed by atoms with van der Waals surface area (Å²) in [4.78, 5) is 17.4. The molecule has 0 spiro atoms. The molecule has 5 heteroatoms. The van der Waals surface area contributed by atoms with Crippen LogP contribution in [0.25, 0.3) is 0 Å². The van der Waals surface area contributed by atoms with Crippen LogP contribution in [0, 0.1) is 0 Å². The van der Waals surface area contributed by atoms with E-state index in [0.717, 1.165) is 17.7 Å². The number of benzene rings is 1. The van der Waals surface area contributed by atoms with Crippen LogP contribution in [0.5, 0.6) is 0 Å². The van der Waals surface area contributed by atoms with Crippen LogP contribution in [-0.2, 0) is 11.2 Å². The number of hydrogen-bond acceptors (Lipinski definition) is 3. The van der Waals surface area contributed by atoms with Crippen LogP contribution in [-0.4, -0.2) is 47.9 Å². The molecule has 3 rings (SSSR count). The lowest BCUT2D eigenvalue weighted by Gasteiger charge is -2.42. The third-order valence-corrected chi connectivity index (χ3v) is 5.53. The predicted molar refractivity (Wildman–Crippen MR) is 101 cm³/mol. The lowest BCUT2D eigenvalue weighted by molar-refractivity contribution is -0.133. The molecule has 1 aromatic rings. The Hall–Kier alpha value is -1.26. The summed E-state index contributed by atoms with van der Waals surface area (Å²) < 4.78 is 0. The van der Waals surface area contributed by atoms with Gasteiger partial charge in [-0.25, -0.2) is 0 Å². The average molecular weight is 352 g/mol. The fourth-order valence-corrected chi connectivity index (χ4v) is 4.16. The third-order valence-electron chi connectivity index (χ3n) is 5.53. The van der Waals surface area contributed by atoms with E-state index in [2.05, 4.69) is 4.90 Å². The number of carbonyl (C=O) groups is 1. The standard InChI is InChI=1S/C19H29N3O.ClH/c1-21(19(23)14-15-8-10-16(20)11-9-15)17-6-2-3-7-18(17)22-12-4-5-13-22;/h8-11,17-18H,2-7,12-14,20H2,1H3;1H/t17-,18-;/m0./s1. The molecule has 2 fully saturated rings. The number of hydrogen-bond donors (Lipinski definition) is 1. The molecule has 1 saturated carbocycles. The zero-order valence-electron chi connectivity index (χ0n) is 14.6. The van der Waals surface area contributed by atoms with Crippen LogP contribution in [0.1, 0.15) is 44.1 Å². The van der Waals surface area contributed by atoms with Crippen LogP contribution in [0.4, 0.5) is 5.69 Å². The third kappa shape index (κ3) is 4.42. The van der Waals surface area contributed by atoms with E-state index in [0.29, 0.717) is 18.5 Å². The van der Waals surface area contributed by atoms with E-state index in [9.17, 15) is 4.79 Å². The second-order valence-corrected chi connectivity index (χ2v) is 7.09. The van der Waals surface area contributed by atoms with Gasteiger partial charge in [-0.1, -0.05) is 25.0 Å². The van der Waals surface area contributed by atoms with Crippen molar-refractivity contribution in [2.75, 3.05) is 25.9 Å². The molecule has 0 aromatic heterocycles.